The Labute approximate surface area is 186 Å². The Bertz CT molecular complexity index is 982. The summed E-state index contributed by atoms with van der Waals surface area (Å²) in [6.07, 6.45) is 5.14. The van der Waals surface area contributed by atoms with E-state index in [4.69, 9.17) is 0 Å². The first-order chi connectivity index (χ1) is 15.2. The number of carbonyl (C=O) groups is 1. The van der Waals surface area contributed by atoms with E-state index in [1.807, 2.05) is 49.6 Å². The molecule has 1 amide bonds. The highest BCUT2D eigenvalue weighted by atomic mass is 32.2. The molecule has 0 bridgehead atoms. The van der Waals surface area contributed by atoms with E-state index in [0.717, 1.165) is 17.2 Å². The van der Waals surface area contributed by atoms with Crippen molar-refractivity contribution in [2.75, 3.05) is 12.8 Å². The zero-order valence-corrected chi connectivity index (χ0v) is 18.2. The van der Waals surface area contributed by atoms with Crippen LogP contribution >= 0.6 is 11.8 Å². The smallest absolute Gasteiger partial charge is 0.233 e. The van der Waals surface area contributed by atoms with Gasteiger partial charge in [-0.2, -0.15) is 5.10 Å². The Hall–Kier alpha value is -2.97. The lowest BCUT2D eigenvalue weighted by Crippen LogP contribution is -2.54. The summed E-state index contributed by atoms with van der Waals surface area (Å²) in [5, 5.41) is 7.55. The third-order valence-corrected chi connectivity index (χ3v) is 6.87. The number of hydrogen-bond donors (Lipinski definition) is 2. The third-order valence-electron chi connectivity index (χ3n) is 5.92. The number of nitrogens with zero attached hydrogens (tertiary/aromatic N) is 4. The van der Waals surface area contributed by atoms with E-state index in [1.165, 1.54) is 17.3 Å². The number of hydrazine groups is 1. The molecular formula is C23H26N6OS. The molecular weight excluding hydrogens is 408 g/mol. The van der Waals surface area contributed by atoms with Gasteiger partial charge >= 0.3 is 0 Å². The van der Waals surface area contributed by atoms with Crippen LogP contribution in [-0.4, -0.2) is 50.9 Å². The topological polar surface area (TPSA) is 63.2 Å². The highest BCUT2D eigenvalue weighted by Gasteiger charge is 2.44. The number of rotatable bonds is 5. The minimum Gasteiger partial charge on any atom is -0.341 e. The fraction of sp³-hybridized carbons (Fsp3) is 0.304. The molecule has 2 aromatic carbocycles. The van der Waals surface area contributed by atoms with Crippen LogP contribution < -0.4 is 10.9 Å². The number of thioether (sulfide) groups is 1. The Morgan fingerprint density at radius 1 is 1.13 bits per heavy atom. The molecule has 160 valence electrons. The standard InChI is InChI=1S/C23H26N6OS/c1-27(15-17-8-4-2-5-9-17)21(30)16-31-23-25-24-22-20-14-19(18-10-6-3-7-11-18)26-29(20)13-12-28(22)23/h2-13,19-20,22,24,26H,14-16H2,1H3. The molecule has 0 radical (unpaired) electrons. The largest absolute Gasteiger partial charge is 0.341 e. The molecule has 8 heteroatoms. The molecule has 0 saturated carbocycles. The lowest BCUT2D eigenvalue weighted by atomic mass is 10.00. The van der Waals surface area contributed by atoms with Crippen molar-refractivity contribution in [2.45, 2.75) is 31.2 Å². The van der Waals surface area contributed by atoms with Crippen LogP contribution in [-0.2, 0) is 11.3 Å². The average molecular weight is 435 g/mol. The summed E-state index contributed by atoms with van der Waals surface area (Å²) in [6.45, 7) is 0.612. The molecule has 1 fully saturated rings. The number of amidine groups is 1. The summed E-state index contributed by atoms with van der Waals surface area (Å²) in [4.78, 5) is 16.5. The highest BCUT2D eigenvalue weighted by molar-refractivity contribution is 8.14. The van der Waals surface area contributed by atoms with Crippen molar-refractivity contribution >= 4 is 22.8 Å². The van der Waals surface area contributed by atoms with E-state index in [2.05, 4.69) is 56.3 Å². The molecule has 0 aliphatic carbocycles. The second-order valence-electron chi connectivity index (χ2n) is 8.00. The predicted octanol–water partition coefficient (Wildman–Crippen LogP) is 2.69. The third kappa shape index (κ3) is 4.13. The molecule has 3 atom stereocenters. The molecule has 31 heavy (non-hydrogen) atoms. The fourth-order valence-electron chi connectivity index (χ4n) is 4.23. The zero-order chi connectivity index (χ0) is 21.2. The van der Waals surface area contributed by atoms with Gasteiger partial charge in [0.05, 0.1) is 17.8 Å². The molecule has 5 rings (SSSR count). The number of nitrogens with one attached hydrogen (secondary N) is 2. The molecule has 3 unspecified atom stereocenters. The first kappa shape index (κ1) is 20.0. The summed E-state index contributed by atoms with van der Waals surface area (Å²) in [7, 11) is 1.85. The van der Waals surface area contributed by atoms with Gasteiger partial charge in [0.15, 0.2) is 5.17 Å². The zero-order valence-electron chi connectivity index (χ0n) is 17.4. The SMILES string of the molecule is CN(Cc1ccccc1)C(=O)CSC1=NNC2C3CC(c4ccccc4)NN3C=CN12. The summed E-state index contributed by atoms with van der Waals surface area (Å²) in [6, 6.07) is 21.1. The van der Waals surface area contributed by atoms with Gasteiger partial charge in [-0.3, -0.25) is 10.2 Å². The molecule has 3 heterocycles. The summed E-state index contributed by atoms with van der Waals surface area (Å²) in [5.41, 5.74) is 9.28. The van der Waals surface area contributed by atoms with Crippen molar-refractivity contribution < 1.29 is 4.79 Å². The number of hydrazone groups is 1. The second kappa shape index (κ2) is 8.64. The van der Waals surface area contributed by atoms with Crippen molar-refractivity contribution in [3.8, 4) is 0 Å². The van der Waals surface area contributed by atoms with Crippen molar-refractivity contribution in [3.63, 3.8) is 0 Å². The minimum absolute atomic E-state index is 0.0610. The van der Waals surface area contributed by atoms with Gasteiger partial charge in [-0.15, -0.1) is 0 Å². The molecule has 2 aromatic rings. The molecule has 3 aliphatic rings. The van der Waals surface area contributed by atoms with Crippen LogP contribution in [0.15, 0.2) is 78.2 Å². The van der Waals surface area contributed by atoms with Crippen molar-refractivity contribution in [3.05, 3.63) is 84.2 Å². The van der Waals surface area contributed by atoms with Crippen molar-refractivity contribution in [2.24, 2.45) is 5.10 Å². The van der Waals surface area contributed by atoms with Crippen molar-refractivity contribution in [1.29, 1.82) is 0 Å². The Balaban J connectivity index is 1.17. The lowest BCUT2D eigenvalue weighted by Gasteiger charge is -2.36. The van der Waals surface area contributed by atoms with Crippen LogP contribution in [0, 0.1) is 0 Å². The second-order valence-corrected chi connectivity index (χ2v) is 8.94. The lowest BCUT2D eigenvalue weighted by molar-refractivity contribution is -0.127. The van der Waals surface area contributed by atoms with E-state index in [1.54, 1.807) is 4.90 Å². The molecule has 0 spiro atoms. The van der Waals surface area contributed by atoms with E-state index in [0.29, 0.717) is 12.3 Å². The monoisotopic (exact) mass is 434 g/mol. The first-order valence-electron chi connectivity index (χ1n) is 10.5. The van der Waals surface area contributed by atoms with Gasteiger partial charge in [0.1, 0.15) is 6.17 Å². The summed E-state index contributed by atoms with van der Waals surface area (Å²) >= 11 is 1.48. The van der Waals surface area contributed by atoms with Gasteiger partial charge < -0.3 is 14.8 Å². The number of fused-ring (bicyclic) bond motifs is 3. The van der Waals surface area contributed by atoms with Gasteiger partial charge in [0, 0.05) is 26.0 Å². The quantitative estimate of drug-likeness (QED) is 0.755. The van der Waals surface area contributed by atoms with Gasteiger partial charge in [-0.25, -0.2) is 5.43 Å². The maximum Gasteiger partial charge on any atom is 0.233 e. The van der Waals surface area contributed by atoms with E-state index < -0.39 is 0 Å². The first-order valence-corrected chi connectivity index (χ1v) is 11.5. The Kier molecular flexibility index (Phi) is 5.57. The number of amides is 1. The normalized spacial score (nSPS) is 23.8. The van der Waals surface area contributed by atoms with Crippen LogP contribution in [0.3, 0.4) is 0 Å². The van der Waals surface area contributed by atoms with Crippen LogP contribution in [0.2, 0.25) is 0 Å². The molecule has 3 aliphatic heterocycles. The molecule has 1 saturated heterocycles. The minimum atomic E-state index is 0.0610. The van der Waals surface area contributed by atoms with Crippen LogP contribution in [0.5, 0.6) is 0 Å². The highest BCUT2D eigenvalue weighted by Crippen LogP contribution is 2.35. The van der Waals surface area contributed by atoms with Gasteiger partial charge in [-0.1, -0.05) is 72.4 Å². The molecule has 2 N–H and O–H groups in total. The Morgan fingerprint density at radius 3 is 2.65 bits per heavy atom. The number of hydrogen-bond acceptors (Lipinski definition) is 7. The molecule has 7 nitrogen and oxygen atoms in total. The number of carbonyl (C=O) groups excluding carboxylic acids is 1. The van der Waals surface area contributed by atoms with E-state index in [-0.39, 0.29) is 24.2 Å². The predicted molar refractivity (Wildman–Crippen MR) is 123 cm³/mol. The van der Waals surface area contributed by atoms with Crippen LogP contribution in [0.4, 0.5) is 0 Å². The molecule has 0 aromatic heterocycles. The Morgan fingerprint density at radius 2 is 1.87 bits per heavy atom. The maximum atomic E-state index is 12.6. The van der Waals surface area contributed by atoms with E-state index >= 15 is 0 Å². The summed E-state index contributed by atoms with van der Waals surface area (Å²) in [5.74, 6) is 0.453. The van der Waals surface area contributed by atoms with Crippen LogP contribution in [0.1, 0.15) is 23.6 Å². The van der Waals surface area contributed by atoms with Gasteiger partial charge in [-0.05, 0) is 17.5 Å². The van der Waals surface area contributed by atoms with E-state index in [9.17, 15) is 4.79 Å². The van der Waals surface area contributed by atoms with Gasteiger partial charge in [0.25, 0.3) is 0 Å². The average Bonchev–Trinajstić information content (AvgIpc) is 3.42. The maximum absolute atomic E-state index is 12.6. The van der Waals surface area contributed by atoms with Crippen molar-refractivity contribution in [1.82, 2.24) is 25.7 Å². The number of benzene rings is 2. The fourth-order valence-corrected chi connectivity index (χ4v) is 5.15. The summed E-state index contributed by atoms with van der Waals surface area (Å²) < 4.78 is 0. The van der Waals surface area contributed by atoms with Gasteiger partial charge in [0.2, 0.25) is 5.91 Å². The van der Waals surface area contributed by atoms with Crippen LogP contribution in [0.25, 0.3) is 0 Å².